The number of aliphatic hydroxyl groups excluding tert-OH is 1. The number of carbonyl (C=O) groups is 1. The molecule has 0 atom stereocenters. The molecule has 0 aliphatic heterocycles. The van der Waals surface area contributed by atoms with Gasteiger partial charge in [0.25, 0.3) is 5.91 Å². The molecule has 0 unspecified atom stereocenters. The van der Waals surface area contributed by atoms with E-state index in [1.165, 1.54) is 12.8 Å². The number of benzene rings is 1. The number of aromatic nitrogens is 1. The van der Waals surface area contributed by atoms with Crippen LogP contribution in [0, 0.1) is 0 Å². The molecular weight excluding hydrogens is 264 g/mol. The number of H-pyrrole nitrogens is 1. The van der Waals surface area contributed by atoms with Gasteiger partial charge in [0, 0.05) is 35.8 Å². The molecule has 21 heavy (non-hydrogen) atoms. The fourth-order valence-corrected chi connectivity index (χ4v) is 2.61. The standard InChI is InChI=1S/C17H24N2O2/c1-2-3-4-5-11-19(12-13-20)17(21)15-7-6-8-16-14(15)9-10-18-16/h6-10,18,20H,2-5,11-13H2,1H3. The summed E-state index contributed by atoms with van der Waals surface area (Å²) in [6, 6.07) is 7.63. The van der Waals surface area contributed by atoms with Gasteiger partial charge in [0.05, 0.1) is 6.61 Å². The quantitative estimate of drug-likeness (QED) is 0.733. The molecule has 4 nitrogen and oxygen atoms in total. The maximum atomic E-state index is 12.7. The highest BCUT2D eigenvalue weighted by Crippen LogP contribution is 2.19. The third kappa shape index (κ3) is 3.85. The molecule has 4 heteroatoms. The summed E-state index contributed by atoms with van der Waals surface area (Å²) in [6.07, 6.45) is 6.33. The number of nitrogens with one attached hydrogen (secondary N) is 1. The maximum Gasteiger partial charge on any atom is 0.254 e. The number of nitrogens with zero attached hydrogens (tertiary/aromatic N) is 1. The second-order valence-electron chi connectivity index (χ2n) is 5.32. The molecule has 2 rings (SSSR count). The summed E-state index contributed by atoms with van der Waals surface area (Å²) in [7, 11) is 0. The van der Waals surface area contributed by atoms with Crippen molar-refractivity contribution in [2.45, 2.75) is 32.6 Å². The molecule has 2 aromatic rings. The van der Waals surface area contributed by atoms with Crippen LogP contribution in [0.4, 0.5) is 0 Å². The number of fused-ring (bicyclic) bond motifs is 1. The molecule has 0 radical (unpaired) electrons. The van der Waals surface area contributed by atoms with E-state index in [1.807, 2.05) is 30.5 Å². The van der Waals surface area contributed by atoms with Gasteiger partial charge >= 0.3 is 0 Å². The van der Waals surface area contributed by atoms with Crippen molar-refractivity contribution in [1.29, 1.82) is 0 Å². The summed E-state index contributed by atoms with van der Waals surface area (Å²) in [5.74, 6) is 0.00532. The molecule has 0 aliphatic carbocycles. The minimum atomic E-state index is 0.00261. The van der Waals surface area contributed by atoms with Crippen LogP contribution in [0.5, 0.6) is 0 Å². The molecule has 1 aromatic carbocycles. The fourth-order valence-electron chi connectivity index (χ4n) is 2.61. The predicted octanol–water partition coefficient (Wildman–Crippen LogP) is 3.18. The molecule has 0 aliphatic rings. The van der Waals surface area contributed by atoms with Crippen molar-refractivity contribution >= 4 is 16.8 Å². The normalized spacial score (nSPS) is 11.0. The molecule has 0 spiro atoms. The average Bonchev–Trinajstić information content (AvgIpc) is 2.98. The van der Waals surface area contributed by atoms with Gasteiger partial charge in [-0.05, 0) is 24.6 Å². The molecule has 1 heterocycles. The van der Waals surface area contributed by atoms with Crippen LogP contribution in [0.1, 0.15) is 43.0 Å². The Hall–Kier alpha value is -1.81. The Balaban J connectivity index is 2.11. The first-order valence-electron chi connectivity index (χ1n) is 7.74. The van der Waals surface area contributed by atoms with Gasteiger partial charge in [0.1, 0.15) is 0 Å². The highest BCUT2D eigenvalue weighted by atomic mass is 16.3. The van der Waals surface area contributed by atoms with Crippen LogP contribution in [0.2, 0.25) is 0 Å². The molecule has 0 saturated heterocycles. The first kappa shape index (κ1) is 15.6. The molecule has 114 valence electrons. The highest BCUT2D eigenvalue weighted by molar-refractivity contribution is 6.06. The van der Waals surface area contributed by atoms with Crippen molar-refractivity contribution in [3.8, 4) is 0 Å². The van der Waals surface area contributed by atoms with Crippen molar-refractivity contribution in [2.24, 2.45) is 0 Å². The summed E-state index contributed by atoms with van der Waals surface area (Å²) in [4.78, 5) is 17.6. The van der Waals surface area contributed by atoms with Crippen LogP contribution >= 0.6 is 0 Å². The molecule has 0 fully saturated rings. The minimum absolute atomic E-state index is 0.00261. The largest absolute Gasteiger partial charge is 0.395 e. The van der Waals surface area contributed by atoms with E-state index in [-0.39, 0.29) is 12.5 Å². The second kappa shape index (κ2) is 7.84. The van der Waals surface area contributed by atoms with E-state index in [1.54, 1.807) is 4.90 Å². The van der Waals surface area contributed by atoms with Crippen LogP contribution in [0.3, 0.4) is 0 Å². The summed E-state index contributed by atoms with van der Waals surface area (Å²) in [5, 5.41) is 10.2. The number of hydrogen-bond donors (Lipinski definition) is 2. The Kier molecular flexibility index (Phi) is 5.81. The van der Waals surface area contributed by atoms with E-state index in [0.29, 0.717) is 18.7 Å². The summed E-state index contributed by atoms with van der Waals surface area (Å²) in [5.41, 5.74) is 1.67. The summed E-state index contributed by atoms with van der Waals surface area (Å²) < 4.78 is 0. The van der Waals surface area contributed by atoms with Gasteiger partial charge in [0.2, 0.25) is 0 Å². The van der Waals surface area contributed by atoms with Crippen LogP contribution in [-0.4, -0.2) is 40.6 Å². The molecule has 2 N–H and O–H groups in total. The lowest BCUT2D eigenvalue weighted by Crippen LogP contribution is -2.34. The second-order valence-corrected chi connectivity index (χ2v) is 5.32. The zero-order chi connectivity index (χ0) is 15.1. The average molecular weight is 288 g/mol. The van der Waals surface area contributed by atoms with Crippen LogP contribution in [0.25, 0.3) is 10.9 Å². The van der Waals surface area contributed by atoms with Gasteiger partial charge in [-0.2, -0.15) is 0 Å². The first-order chi connectivity index (χ1) is 10.3. The van der Waals surface area contributed by atoms with Crippen molar-refractivity contribution in [3.05, 3.63) is 36.0 Å². The van der Waals surface area contributed by atoms with Gasteiger partial charge in [-0.3, -0.25) is 4.79 Å². The van der Waals surface area contributed by atoms with E-state index in [9.17, 15) is 9.90 Å². The zero-order valence-corrected chi connectivity index (χ0v) is 12.6. The smallest absolute Gasteiger partial charge is 0.254 e. The van der Waals surface area contributed by atoms with Gasteiger partial charge < -0.3 is 15.0 Å². The zero-order valence-electron chi connectivity index (χ0n) is 12.6. The number of carbonyl (C=O) groups excluding carboxylic acids is 1. The first-order valence-corrected chi connectivity index (χ1v) is 7.74. The third-order valence-corrected chi connectivity index (χ3v) is 3.76. The summed E-state index contributed by atoms with van der Waals surface area (Å²) >= 11 is 0. The lowest BCUT2D eigenvalue weighted by molar-refractivity contribution is 0.0720. The molecule has 1 aromatic heterocycles. The van der Waals surface area contributed by atoms with E-state index in [0.717, 1.165) is 23.7 Å². The van der Waals surface area contributed by atoms with Crippen molar-refractivity contribution in [2.75, 3.05) is 19.7 Å². The van der Waals surface area contributed by atoms with Gasteiger partial charge in [-0.1, -0.05) is 32.3 Å². The molecule has 0 saturated carbocycles. The maximum absolute atomic E-state index is 12.7. The number of rotatable bonds is 8. The van der Waals surface area contributed by atoms with Crippen molar-refractivity contribution < 1.29 is 9.90 Å². The predicted molar refractivity (Wildman–Crippen MR) is 85.4 cm³/mol. The van der Waals surface area contributed by atoms with Crippen molar-refractivity contribution in [1.82, 2.24) is 9.88 Å². The van der Waals surface area contributed by atoms with Crippen LogP contribution in [-0.2, 0) is 0 Å². The van der Waals surface area contributed by atoms with Crippen LogP contribution < -0.4 is 0 Å². The van der Waals surface area contributed by atoms with E-state index in [4.69, 9.17) is 0 Å². The van der Waals surface area contributed by atoms with Gasteiger partial charge in [0.15, 0.2) is 0 Å². The van der Waals surface area contributed by atoms with Gasteiger partial charge in [-0.25, -0.2) is 0 Å². The Bertz CT molecular complexity index is 577. The van der Waals surface area contributed by atoms with E-state index in [2.05, 4.69) is 11.9 Å². The van der Waals surface area contributed by atoms with Gasteiger partial charge in [-0.15, -0.1) is 0 Å². The third-order valence-electron chi connectivity index (χ3n) is 3.76. The molecule has 0 bridgehead atoms. The monoisotopic (exact) mass is 288 g/mol. The minimum Gasteiger partial charge on any atom is -0.395 e. The number of aromatic amines is 1. The fraction of sp³-hybridized carbons (Fsp3) is 0.471. The lowest BCUT2D eigenvalue weighted by Gasteiger charge is -2.22. The molecule has 1 amide bonds. The Labute approximate surface area is 125 Å². The topological polar surface area (TPSA) is 56.3 Å². The lowest BCUT2D eigenvalue weighted by atomic mass is 10.1. The van der Waals surface area contributed by atoms with Crippen LogP contribution in [0.15, 0.2) is 30.5 Å². The number of hydrogen-bond acceptors (Lipinski definition) is 2. The Morgan fingerprint density at radius 3 is 2.81 bits per heavy atom. The molecular formula is C17H24N2O2. The number of amides is 1. The van der Waals surface area contributed by atoms with E-state index < -0.39 is 0 Å². The highest BCUT2D eigenvalue weighted by Gasteiger charge is 2.17. The van der Waals surface area contributed by atoms with E-state index >= 15 is 0 Å². The SMILES string of the molecule is CCCCCCN(CCO)C(=O)c1cccc2[nH]ccc12. The number of aliphatic hydroxyl groups is 1. The Morgan fingerprint density at radius 2 is 2.05 bits per heavy atom. The number of unbranched alkanes of at least 4 members (excludes halogenated alkanes) is 3. The summed E-state index contributed by atoms with van der Waals surface area (Å²) in [6.45, 7) is 3.28. The Morgan fingerprint density at radius 1 is 1.19 bits per heavy atom. The van der Waals surface area contributed by atoms with Crippen molar-refractivity contribution in [3.63, 3.8) is 0 Å².